The van der Waals surface area contributed by atoms with Gasteiger partial charge in [-0.05, 0) is 52.2 Å². The fourth-order valence-electron chi connectivity index (χ4n) is 3.45. The summed E-state index contributed by atoms with van der Waals surface area (Å²) >= 11 is 0. The number of amides is 1. The lowest BCUT2D eigenvalue weighted by Gasteiger charge is -2.09. The highest BCUT2D eigenvalue weighted by Gasteiger charge is 2.10. The molecule has 0 radical (unpaired) electrons. The monoisotopic (exact) mass is 434 g/mol. The zero-order valence-electron chi connectivity index (χ0n) is 18.1. The van der Waals surface area contributed by atoms with Gasteiger partial charge in [0.25, 0.3) is 5.91 Å². The van der Waals surface area contributed by atoms with Crippen LogP contribution >= 0.6 is 0 Å². The highest BCUT2D eigenvalue weighted by molar-refractivity contribution is 6.09. The van der Waals surface area contributed by atoms with Crippen molar-refractivity contribution in [3.05, 3.63) is 108 Å². The third kappa shape index (κ3) is 5.38. The average molecular weight is 434 g/mol. The van der Waals surface area contributed by atoms with Gasteiger partial charge in [-0.3, -0.25) is 4.79 Å². The van der Waals surface area contributed by atoms with Gasteiger partial charge in [-0.25, -0.2) is 0 Å². The number of rotatable bonds is 7. The average Bonchev–Trinajstić information content (AvgIpc) is 2.86. The Morgan fingerprint density at radius 2 is 1.70 bits per heavy atom. The second-order valence-electron chi connectivity index (χ2n) is 7.35. The van der Waals surface area contributed by atoms with Gasteiger partial charge in [0.05, 0.1) is 7.11 Å². The maximum Gasteiger partial charge on any atom is 0.266 e. The zero-order valence-corrected chi connectivity index (χ0v) is 18.1. The van der Waals surface area contributed by atoms with Gasteiger partial charge < -0.3 is 14.8 Å². The number of nitrogens with one attached hydrogen (secondary N) is 1. The van der Waals surface area contributed by atoms with Crippen LogP contribution in [0.15, 0.2) is 96.6 Å². The molecule has 0 bridgehead atoms. The van der Waals surface area contributed by atoms with E-state index in [-0.39, 0.29) is 5.57 Å². The highest BCUT2D eigenvalue weighted by Crippen LogP contribution is 2.22. The molecule has 0 aliphatic carbocycles. The van der Waals surface area contributed by atoms with Crippen molar-refractivity contribution >= 4 is 28.4 Å². The van der Waals surface area contributed by atoms with E-state index in [2.05, 4.69) is 29.6 Å². The molecule has 0 spiro atoms. The number of benzene rings is 4. The van der Waals surface area contributed by atoms with Gasteiger partial charge in [-0.15, -0.1) is 0 Å². The largest absolute Gasteiger partial charge is 0.497 e. The van der Waals surface area contributed by atoms with Gasteiger partial charge in [0.2, 0.25) is 0 Å². The summed E-state index contributed by atoms with van der Waals surface area (Å²) in [6.07, 6.45) is 1.55. The Morgan fingerprint density at radius 1 is 0.939 bits per heavy atom. The molecule has 1 N–H and O–H groups in total. The number of carbonyl (C=O) groups excluding carboxylic acids is 1. The van der Waals surface area contributed by atoms with E-state index in [0.29, 0.717) is 23.8 Å². The van der Waals surface area contributed by atoms with Crippen molar-refractivity contribution in [2.24, 2.45) is 0 Å². The summed E-state index contributed by atoms with van der Waals surface area (Å²) in [5.41, 5.74) is 2.39. The maximum atomic E-state index is 12.5. The van der Waals surface area contributed by atoms with E-state index in [1.54, 1.807) is 37.5 Å². The van der Waals surface area contributed by atoms with Crippen LogP contribution in [-0.2, 0) is 11.4 Å². The zero-order chi connectivity index (χ0) is 23.0. The molecule has 0 unspecified atom stereocenters. The Bertz CT molecular complexity index is 1350. The van der Waals surface area contributed by atoms with Crippen molar-refractivity contribution in [3.63, 3.8) is 0 Å². The van der Waals surface area contributed by atoms with Crippen LogP contribution in [0, 0.1) is 11.3 Å². The molecule has 162 valence electrons. The van der Waals surface area contributed by atoms with E-state index >= 15 is 0 Å². The first-order valence-corrected chi connectivity index (χ1v) is 10.4. The van der Waals surface area contributed by atoms with Crippen LogP contribution in [0.4, 0.5) is 5.69 Å². The molecule has 0 saturated carbocycles. The van der Waals surface area contributed by atoms with Gasteiger partial charge in [0, 0.05) is 11.8 Å². The Balaban J connectivity index is 1.43. The molecular formula is C28H22N2O3. The SMILES string of the molecule is COc1cccc(NC(=O)/C(C#N)=C/c2ccc(OCc3cccc4ccccc34)cc2)c1. The number of methoxy groups -OCH3 is 1. The molecule has 0 saturated heterocycles. The Labute approximate surface area is 192 Å². The lowest BCUT2D eigenvalue weighted by molar-refractivity contribution is -0.112. The molecule has 0 aliphatic heterocycles. The van der Waals surface area contributed by atoms with E-state index in [1.165, 1.54) is 10.8 Å². The minimum Gasteiger partial charge on any atom is -0.497 e. The summed E-state index contributed by atoms with van der Waals surface area (Å²) in [6, 6.07) is 30.6. The summed E-state index contributed by atoms with van der Waals surface area (Å²) in [4.78, 5) is 12.5. The molecule has 0 aliphatic rings. The minimum atomic E-state index is -0.484. The fourth-order valence-corrected chi connectivity index (χ4v) is 3.45. The lowest BCUT2D eigenvalue weighted by atomic mass is 10.1. The van der Waals surface area contributed by atoms with Crippen molar-refractivity contribution in [2.45, 2.75) is 6.61 Å². The van der Waals surface area contributed by atoms with E-state index < -0.39 is 5.91 Å². The second-order valence-corrected chi connectivity index (χ2v) is 7.35. The van der Waals surface area contributed by atoms with Crippen molar-refractivity contribution < 1.29 is 14.3 Å². The summed E-state index contributed by atoms with van der Waals surface area (Å²) in [5, 5.41) is 14.5. The van der Waals surface area contributed by atoms with Crippen LogP contribution < -0.4 is 14.8 Å². The number of ether oxygens (including phenoxy) is 2. The third-order valence-corrected chi connectivity index (χ3v) is 5.16. The van der Waals surface area contributed by atoms with Crippen molar-refractivity contribution in [1.29, 1.82) is 5.26 Å². The molecule has 5 nitrogen and oxygen atoms in total. The van der Waals surface area contributed by atoms with Crippen molar-refractivity contribution in [1.82, 2.24) is 0 Å². The molecule has 0 aromatic heterocycles. The van der Waals surface area contributed by atoms with Crippen LogP contribution in [0.25, 0.3) is 16.8 Å². The molecule has 5 heteroatoms. The molecule has 4 aromatic carbocycles. The maximum absolute atomic E-state index is 12.5. The number of hydrogen-bond donors (Lipinski definition) is 1. The number of anilines is 1. The fraction of sp³-hybridized carbons (Fsp3) is 0.0714. The molecule has 0 heterocycles. The summed E-state index contributed by atoms with van der Waals surface area (Å²) in [6.45, 7) is 0.447. The number of nitriles is 1. The predicted molar refractivity (Wildman–Crippen MR) is 130 cm³/mol. The first-order chi connectivity index (χ1) is 16.2. The molecule has 0 fully saturated rings. The normalized spacial score (nSPS) is 11.0. The summed E-state index contributed by atoms with van der Waals surface area (Å²) in [5.74, 6) is 0.843. The molecular weight excluding hydrogens is 412 g/mol. The standard InChI is InChI=1S/C28H22N2O3/c1-32-26-10-5-9-24(17-26)30-28(31)23(18-29)16-20-12-14-25(15-13-20)33-19-22-8-4-7-21-6-2-3-11-27(21)22/h2-17H,19H2,1H3,(H,30,31)/b23-16+. The van der Waals surface area contributed by atoms with Crippen LogP contribution in [0.2, 0.25) is 0 Å². The third-order valence-electron chi connectivity index (χ3n) is 5.16. The first-order valence-electron chi connectivity index (χ1n) is 10.4. The van der Waals surface area contributed by atoms with Crippen LogP contribution in [0.5, 0.6) is 11.5 Å². The molecule has 4 rings (SSSR count). The molecule has 4 aromatic rings. The van der Waals surface area contributed by atoms with Crippen molar-refractivity contribution in [3.8, 4) is 17.6 Å². The van der Waals surface area contributed by atoms with E-state index in [9.17, 15) is 10.1 Å². The molecule has 1 amide bonds. The van der Waals surface area contributed by atoms with E-state index in [4.69, 9.17) is 9.47 Å². The quantitative estimate of drug-likeness (QED) is 0.287. The van der Waals surface area contributed by atoms with Gasteiger partial charge in [0.15, 0.2) is 0 Å². The second kappa shape index (κ2) is 10.2. The molecule has 0 atom stereocenters. The first kappa shape index (κ1) is 21.7. The van der Waals surface area contributed by atoms with Crippen LogP contribution in [-0.4, -0.2) is 13.0 Å². The number of hydrogen-bond acceptors (Lipinski definition) is 4. The summed E-state index contributed by atoms with van der Waals surface area (Å²) < 4.78 is 11.1. The van der Waals surface area contributed by atoms with Gasteiger partial charge >= 0.3 is 0 Å². The Hall–Kier alpha value is -4.56. The van der Waals surface area contributed by atoms with Gasteiger partial charge in [0.1, 0.15) is 29.7 Å². The van der Waals surface area contributed by atoms with Crippen LogP contribution in [0.1, 0.15) is 11.1 Å². The Kier molecular flexibility index (Phi) is 6.67. The topological polar surface area (TPSA) is 71.3 Å². The van der Waals surface area contributed by atoms with Gasteiger partial charge in [-0.2, -0.15) is 5.26 Å². The lowest BCUT2D eigenvalue weighted by Crippen LogP contribution is -2.13. The predicted octanol–water partition coefficient (Wildman–Crippen LogP) is 5.97. The smallest absolute Gasteiger partial charge is 0.266 e. The van der Waals surface area contributed by atoms with Crippen LogP contribution in [0.3, 0.4) is 0 Å². The molecule has 33 heavy (non-hydrogen) atoms. The Morgan fingerprint density at radius 3 is 2.48 bits per heavy atom. The summed E-state index contributed by atoms with van der Waals surface area (Å²) in [7, 11) is 1.55. The number of nitrogens with zero attached hydrogens (tertiary/aromatic N) is 1. The minimum absolute atomic E-state index is 0.00208. The van der Waals surface area contributed by atoms with Gasteiger partial charge in [-0.1, -0.05) is 60.7 Å². The highest BCUT2D eigenvalue weighted by atomic mass is 16.5. The van der Waals surface area contributed by atoms with E-state index in [1.807, 2.05) is 48.5 Å². The number of fused-ring (bicyclic) bond motifs is 1. The van der Waals surface area contributed by atoms with E-state index in [0.717, 1.165) is 11.1 Å². The number of carbonyl (C=O) groups is 1. The van der Waals surface area contributed by atoms with Crippen molar-refractivity contribution in [2.75, 3.05) is 12.4 Å².